The maximum Gasteiger partial charge on any atom is 0.349 e. The van der Waals surface area contributed by atoms with Gasteiger partial charge in [-0.3, -0.25) is 0 Å². The Morgan fingerprint density at radius 2 is 0.730 bits per heavy atom. The molecule has 8 atom stereocenters. The molecule has 208 valence electrons. The smallest absolute Gasteiger partial charge is 0.349 e. The predicted octanol–water partition coefficient (Wildman–Crippen LogP) is -2.29. The van der Waals surface area contributed by atoms with E-state index in [0.29, 0.717) is 26.4 Å². The van der Waals surface area contributed by atoms with Crippen molar-refractivity contribution in [3.63, 3.8) is 0 Å². The summed E-state index contributed by atoms with van der Waals surface area (Å²) in [5.41, 5.74) is -9.21. The first-order valence-electron chi connectivity index (χ1n) is 12.9. The number of carbonyl (C=O) groups is 2. The van der Waals surface area contributed by atoms with Crippen molar-refractivity contribution in [2.75, 3.05) is 39.6 Å². The Morgan fingerprint density at radius 3 is 0.946 bits per heavy atom. The van der Waals surface area contributed by atoms with Crippen molar-refractivity contribution < 1.29 is 63.2 Å². The van der Waals surface area contributed by atoms with Gasteiger partial charge in [-0.1, -0.05) is 0 Å². The van der Waals surface area contributed by atoms with Gasteiger partial charge in [-0.25, -0.2) is 9.59 Å². The van der Waals surface area contributed by atoms with Crippen LogP contribution in [0.5, 0.6) is 0 Å². The number of rotatable bonds is 16. The van der Waals surface area contributed by atoms with E-state index in [2.05, 4.69) is 0 Å². The third kappa shape index (κ3) is 5.71. The van der Waals surface area contributed by atoms with Crippen LogP contribution in [-0.2, 0) is 42.7 Å². The van der Waals surface area contributed by atoms with Crippen LogP contribution in [0.15, 0.2) is 0 Å². The minimum absolute atomic E-state index is 0.0818. The molecule has 0 aromatic heterocycles. The molecular weight excluding hydrogens is 496 g/mol. The summed E-state index contributed by atoms with van der Waals surface area (Å²) in [4.78, 5) is 27.1. The molecular formula is C24H34O13. The molecule has 37 heavy (non-hydrogen) atoms. The highest BCUT2D eigenvalue weighted by molar-refractivity contribution is 5.95. The number of esters is 2. The summed E-state index contributed by atoms with van der Waals surface area (Å²) in [6.45, 7) is 1.98. The average molecular weight is 531 g/mol. The molecule has 6 saturated heterocycles. The minimum atomic E-state index is -2.56. The van der Waals surface area contributed by atoms with E-state index in [1.807, 2.05) is 0 Å². The Balaban J connectivity index is 1.26. The molecule has 6 heterocycles. The second-order valence-corrected chi connectivity index (χ2v) is 11.4. The van der Waals surface area contributed by atoms with Gasteiger partial charge in [0.2, 0.25) is 0 Å². The normalized spacial score (nSPS) is 39.2. The second-order valence-electron chi connectivity index (χ2n) is 11.4. The van der Waals surface area contributed by atoms with Crippen LogP contribution < -0.4 is 0 Å². The summed E-state index contributed by atoms with van der Waals surface area (Å²) in [6, 6.07) is 0. The van der Waals surface area contributed by atoms with E-state index >= 15 is 0 Å². The highest BCUT2D eigenvalue weighted by Crippen LogP contribution is 2.45. The first kappa shape index (κ1) is 26.0. The maximum absolute atomic E-state index is 13.6. The van der Waals surface area contributed by atoms with E-state index in [9.17, 15) is 30.0 Å². The van der Waals surface area contributed by atoms with Crippen LogP contribution in [0.1, 0.15) is 38.5 Å². The van der Waals surface area contributed by atoms with E-state index in [4.69, 9.17) is 33.2 Å². The fourth-order valence-electron chi connectivity index (χ4n) is 5.30. The predicted molar refractivity (Wildman–Crippen MR) is 117 cm³/mol. The number of ether oxygens (including phenoxy) is 7. The summed E-state index contributed by atoms with van der Waals surface area (Å²) >= 11 is 0. The number of epoxide rings is 6. The number of hydrogen-bond donors (Lipinski definition) is 4. The maximum atomic E-state index is 13.6. The molecule has 13 heteroatoms. The van der Waals surface area contributed by atoms with Gasteiger partial charge in [0.05, 0.1) is 76.3 Å². The van der Waals surface area contributed by atoms with Gasteiger partial charge < -0.3 is 53.6 Å². The number of carbonyl (C=O) groups excluding carboxylic acids is 2. The SMILES string of the molecule is O=C(OC(=O)C(O)(CC1CO1)C(O)(CC1CO1)CC1CO1)C(O)(CC1CO1)C(O)(CC1CO1)CC1CO1. The Labute approximate surface area is 212 Å². The second kappa shape index (κ2) is 9.15. The number of aliphatic hydroxyl groups is 4. The van der Waals surface area contributed by atoms with E-state index in [-0.39, 0.29) is 76.2 Å². The van der Waals surface area contributed by atoms with Crippen molar-refractivity contribution >= 4 is 11.9 Å². The van der Waals surface area contributed by atoms with Crippen LogP contribution in [0.3, 0.4) is 0 Å². The molecule has 0 aromatic carbocycles. The van der Waals surface area contributed by atoms with Crippen LogP contribution in [-0.4, -0.2) is 131 Å². The third-order valence-electron chi connectivity index (χ3n) is 8.12. The van der Waals surface area contributed by atoms with Crippen LogP contribution in [0.25, 0.3) is 0 Å². The summed E-state index contributed by atoms with van der Waals surface area (Å²) in [5.74, 6) is -2.86. The van der Waals surface area contributed by atoms with Crippen molar-refractivity contribution in [1.82, 2.24) is 0 Å². The fraction of sp³-hybridized carbons (Fsp3) is 0.917. The molecule has 0 aliphatic carbocycles. The van der Waals surface area contributed by atoms with Gasteiger partial charge in [0.1, 0.15) is 11.2 Å². The van der Waals surface area contributed by atoms with Crippen LogP contribution in [0, 0.1) is 0 Å². The molecule has 13 nitrogen and oxygen atoms in total. The van der Waals surface area contributed by atoms with Crippen molar-refractivity contribution in [3.05, 3.63) is 0 Å². The lowest BCUT2D eigenvalue weighted by Gasteiger charge is -2.43. The molecule has 0 amide bonds. The van der Waals surface area contributed by atoms with Gasteiger partial charge in [0, 0.05) is 38.5 Å². The Bertz CT molecular complexity index is 802. The highest BCUT2D eigenvalue weighted by atomic mass is 16.6. The molecule has 6 aliphatic rings. The van der Waals surface area contributed by atoms with Gasteiger partial charge in [-0.15, -0.1) is 0 Å². The van der Waals surface area contributed by atoms with Crippen LogP contribution >= 0.6 is 0 Å². The van der Waals surface area contributed by atoms with Gasteiger partial charge in [-0.2, -0.15) is 0 Å². The third-order valence-corrected chi connectivity index (χ3v) is 8.12. The molecule has 0 saturated carbocycles. The zero-order valence-corrected chi connectivity index (χ0v) is 20.4. The van der Waals surface area contributed by atoms with E-state index in [1.54, 1.807) is 0 Å². The first-order chi connectivity index (χ1) is 17.5. The molecule has 0 radical (unpaired) electrons. The van der Waals surface area contributed by atoms with Crippen molar-refractivity contribution in [3.8, 4) is 0 Å². The minimum Gasteiger partial charge on any atom is -0.389 e. The molecule has 0 aromatic rings. The van der Waals surface area contributed by atoms with Crippen molar-refractivity contribution in [2.45, 2.75) is 97.6 Å². The fourth-order valence-corrected chi connectivity index (χ4v) is 5.30. The standard InChI is InChI=1S/C24H34O13/c25-19(23(29,5-17-11-35-17)21(27,1-13-7-31-13)2-14-8-32-14)37-20(26)24(30,6-18-12-36-18)22(28,3-15-9-33-15)4-16-10-34-16/h13-18,27-30H,1-12H2. The van der Waals surface area contributed by atoms with Crippen LogP contribution in [0.2, 0.25) is 0 Å². The Kier molecular flexibility index (Phi) is 6.43. The first-order valence-corrected chi connectivity index (χ1v) is 12.9. The van der Waals surface area contributed by atoms with E-state index < -0.39 is 46.6 Å². The largest absolute Gasteiger partial charge is 0.389 e. The molecule has 6 aliphatic heterocycles. The Morgan fingerprint density at radius 1 is 0.514 bits per heavy atom. The zero-order valence-electron chi connectivity index (χ0n) is 20.4. The topological polar surface area (TPSA) is 199 Å². The monoisotopic (exact) mass is 530 g/mol. The average Bonchev–Trinajstić information content (AvgIpc) is 3.58. The molecule has 0 bridgehead atoms. The summed E-state index contributed by atoms with van der Waals surface area (Å²) in [7, 11) is 0. The molecule has 0 spiro atoms. The van der Waals surface area contributed by atoms with E-state index in [1.165, 1.54) is 0 Å². The lowest BCUT2D eigenvalue weighted by Crippen LogP contribution is -2.65. The number of hydrogen-bond acceptors (Lipinski definition) is 13. The summed E-state index contributed by atoms with van der Waals surface area (Å²) < 4.78 is 36.6. The van der Waals surface area contributed by atoms with Gasteiger partial charge >= 0.3 is 11.9 Å². The van der Waals surface area contributed by atoms with Crippen molar-refractivity contribution in [1.29, 1.82) is 0 Å². The van der Waals surface area contributed by atoms with Gasteiger partial charge in [-0.05, 0) is 0 Å². The van der Waals surface area contributed by atoms with Gasteiger partial charge in [0.15, 0.2) is 11.2 Å². The molecule has 4 N–H and O–H groups in total. The van der Waals surface area contributed by atoms with Crippen LogP contribution in [0.4, 0.5) is 0 Å². The lowest BCUT2D eigenvalue weighted by atomic mass is 9.72. The zero-order chi connectivity index (χ0) is 26.1. The Hall–Kier alpha value is -1.26. The molecule has 6 rings (SSSR count). The summed E-state index contributed by atoms with van der Waals surface area (Å²) in [5, 5.41) is 46.7. The van der Waals surface area contributed by atoms with E-state index in [0.717, 1.165) is 0 Å². The van der Waals surface area contributed by atoms with Crippen molar-refractivity contribution in [2.24, 2.45) is 0 Å². The molecule has 6 fully saturated rings. The van der Waals surface area contributed by atoms with Gasteiger partial charge in [0.25, 0.3) is 0 Å². The lowest BCUT2D eigenvalue weighted by molar-refractivity contribution is -0.224. The highest BCUT2D eigenvalue weighted by Gasteiger charge is 2.65. The summed E-state index contributed by atoms with van der Waals surface area (Å²) in [6.07, 6.45) is -3.50. The molecule has 8 unspecified atom stereocenters. The quantitative estimate of drug-likeness (QED) is 0.0945.